The number of carbonyl (C=O) groups is 2. The Morgan fingerprint density at radius 1 is 1.00 bits per heavy atom. The lowest BCUT2D eigenvalue weighted by atomic mass is 10.1. The first-order valence-electron chi connectivity index (χ1n) is 10.6. The highest BCUT2D eigenvalue weighted by atomic mass is 32.2. The van der Waals surface area contributed by atoms with Crippen LogP contribution in [0.15, 0.2) is 54.6 Å². The first-order chi connectivity index (χ1) is 15.6. The van der Waals surface area contributed by atoms with Gasteiger partial charge < -0.3 is 15.4 Å². The zero-order valence-corrected chi connectivity index (χ0v) is 20.1. The Kier molecular flexibility index (Phi) is 9.62. The number of nitrogens with one attached hydrogen (secondary N) is 3. The Labute approximate surface area is 195 Å². The van der Waals surface area contributed by atoms with Gasteiger partial charge in [0.1, 0.15) is 11.8 Å². The number of benzene rings is 2. The van der Waals surface area contributed by atoms with Crippen molar-refractivity contribution in [3.63, 3.8) is 0 Å². The fourth-order valence-electron chi connectivity index (χ4n) is 3.03. The third-order valence-electron chi connectivity index (χ3n) is 4.63. The molecule has 0 fully saturated rings. The molecule has 0 saturated carbocycles. The molecular weight excluding hydrogens is 442 g/mol. The van der Waals surface area contributed by atoms with Crippen LogP contribution in [0.1, 0.15) is 37.5 Å². The van der Waals surface area contributed by atoms with Crippen molar-refractivity contribution >= 4 is 27.9 Å². The second-order valence-electron chi connectivity index (χ2n) is 7.85. The van der Waals surface area contributed by atoms with Crippen LogP contribution in [0.4, 0.5) is 0 Å². The predicted octanol–water partition coefficient (Wildman–Crippen LogP) is 2.36. The van der Waals surface area contributed by atoms with E-state index in [-0.39, 0.29) is 24.2 Å². The molecule has 8 nitrogen and oxygen atoms in total. The van der Waals surface area contributed by atoms with E-state index in [2.05, 4.69) is 15.4 Å². The summed E-state index contributed by atoms with van der Waals surface area (Å²) in [5.41, 5.74) is 2.12. The van der Waals surface area contributed by atoms with Crippen molar-refractivity contribution in [1.29, 1.82) is 0 Å². The minimum atomic E-state index is -3.49. The highest BCUT2D eigenvalue weighted by molar-refractivity contribution is 7.88. The summed E-state index contributed by atoms with van der Waals surface area (Å²) < 4.78 is 32.2. The van der Waals surface area contributed by atoms with Crippen molar-refractivity contribution in [2.75, 3.05) is 7.11 Å². The quantitative estimate of drug-likeness (QED) is 0.434. The lowest BCUT2D eigenvalue weighted by Gasteiger charge is -2.15. The van der Waals surface area contributed by atoms with Crippen LogP contribution in [-0.4, -0.2) is 39.4 Å². The van der Waals surface area contributed by atoms with Crippen molar-refractivity contribution in [2.45, 2.75) is 45.2 Å². The van der Waals surface area contributed by atoms with E-state index in [4.69, 9.17) is 4.74 Å². The molecule has 178 valence electrons. The zero-order valence-electron chi connectivity index (χ0n) is 19.3. The van der Waals surface area contributed by atoms with Gasteiger partial charge in [-0.25, -0.2) is 13.1 Å². The predicted molar refractivity (Wildman–Crippen MR) is 129 cm³/mol. The molecule has 33 heavy (non-hydrogen) atoms. The maximum absolute atomic E-state index is 12.4. The van der Waals surface area contributed by atoms with Gasteiger partial charge >= 0.3 is 0 Å². The SMILES string of the molecule is COc1ccc(/C=C/C(=O)NC(C)C(=O)NCc2ccccc2CS(=O)(=O)NC(C)C)cc1. The van der Waals surface area contributed by atoms with E-state index in [0.717, 1.165) is 11.3 Å². The molecule has 0 radical (unpaired) electrons. The van der Waals surface area contributed by atoms with E-state index in [1.165, 1.54) is 6.08 Å². The molecule has 9 heteroatoms. The first-order valence-corrected chi connectivity index (χ1v) is 12.2. The number of hydrogen-bond donors (Lipinski definition) is 3. The minimum Gasteiger partial charge on any atom is -0.497 e. The van der Waals surface area contributed by atoms with Crippen LogP contribution < -0.4 is 20.1 Å². The highest BCUT2D eigenvalue weighted by Gasteiger charge is 2.17. The van der Waals surface area contributed by atoms with E-state index in [0.29, 0.717) is 11.1 Å². The molecule has 0 aromatic heterocycles. The molecule has 2 aromatic rings. The number of ether oxygens (including phenoxy) is 1. The van der Waals surface area contributed by atoms with Crippen LogP contribution >= 0.6 is 0 Å². The summed E-state index contributed by atoms with van der Waals surface area (Å²) in [5, 5.41) is 5.37. The van der Waals surface area contributed by atoms with Gasteiger partial charge in [-0.3, -0.25) is 9.59 Å². The summed E-state index contributed by atoms with van der Waals surface area (Å²) in [6, 6.07) is 13.2. The average Bonchev–Trinajstić information content (AvgIpc) is 2.76. The lowest BCUT2D eigenvalue weighted by molar-refractivity contribution is -0.126. The minimum absolute atomic E-state index is 0.147. The molecule has 0 spiro atoms. The van der Waals surface area contributed by atoms with Crippen LogP contribution in [0.25, 0.3) is 6.08 Å². The third-order valence-corrected chi connectivity index (χ3v) is 6.15. The van der Waals surface area contributed by atoms with Gasteiger partial charge in [-0.15, -0.1) is 0 Å². The van der Waals surface area contributed by atoms with Crippen molar-refractivity contribution in [2.24, 2.45) is 0 Å². The van der Waals surface area contributed by atoms with Crippen LogP contribution in [0.5, 0.6) is 5.75 Å². The van der Waals surface area contributed by atoms with E-state index in [1.807, 2.05) is 12.1 Å². The Morgan fingerprint density at radius 3 is 2.24 bits per heavy atom. The van der Waals surface area contributed by atoms with Crippen molar-refractivity contribution < 1.29 is 22.7 Å². The monoisotopic (exact) mass is 473 g/mol. The van der Waals surface area contributed by atoms with Crippen molar-refractivity contribution in [3.8, 4) is 5.75 Å². The van der Waals surface area contributed by atoms with Gasteiger partial charge in [-0.2, -0.15) is 0 Å². The van der Waals surface area contributed by atoms with E-state index in [9.17, 15) is 18.0 Å². The lowest BCUT2D eigenvalue weighted by Crippen LogP contribution is -2.44. The fraction of sp³-hybridized carbons (Fsp3) is 0.333. The van der Waals surface area contributed by atoms with Gasteiger partial charge in [0.2, 0.25) is 21.8 Å². The zero-order chi connectivity index (χ0) is 24.4. The number of sulfonamides is 1. The molecular formula is C24H31N3O5S. The van der Waals surface area contributed by atoms with Crippen molar-refractivity contribution in [3.05, 3.63) is 71.3 Å². The molecule has 0 bridgehead atoms. The molecule has 2 aromatic carbocycles. The van der Waals surface area contributed by atoms with Crippen molar-refractivity contribution in [1.82, 2.24) is 15.4 Å². The fourth-order valence-corrected chi connectivity index (χ4v) is 4.52. The Balaban J connectivity index is 1.91. The summed E-state index contributed by atoms with van der Waals surface area (Å²) in [4.78, 5) is 24.6. The summed E-state index contributed by atoms with van der Waals surface area (Å²) in [7, 11) is -1.92. The Bertz CT molecular complexity index is 1080. The molecule has 0 aliphatic rings. The standard InChI is InChI=1S/C24H31N3O5S/c1-17(2)27-33(30,31)16-21-8-6-5-7-20(21)15-25-24(29)18(3)26-23(28)14-11-19-9-12-22(32-4)13-10-19/h5-14,17-18,27H,15-16H2,1-4H3,(H,25,29)(H,26,28)/b14-11+. The molecule has 0 aliphatic heterocycles. The van der Waals surface area contributed by atoms with E-state index in [1.54, 1.807) is 70.4 Å². The second-order valence-corrected chi connectivity index (χ2v) is 9.61. The van der Waals surface area contributed by atoms with Gasteiger partial charge in [-0.05, 0) is 55.7 Å². The Morgan fingerprint density at radius 2 is 1.64 bits per heavy atom. The largest absolute Gasteiger partial charge is 0.497 e. The van der Waals surface area contributed by atoms with Crippen LogP contribution in [0, 0.1) is 0 Å². The highest BCUT2D eigenvalue weighted by Crippen LogP contribution is 2.13. The average molecular weight is 474 g/mol. The van der Waals surface area contributed by atoms with Crippen LogP contribution in [0.2, 0.25) is 0 Å². The number of carbonyl (C=O) groups excluding carboxylic acids is 2. The molecule has 1 unspecified atom stereocenters. The number of amides is 2. The third kappa shape index (κ3) is 9.07. The smallest absolute Gasteiger partial charge is 0.244 e. The summed E-state index contributed by atoms with van der Waals surface area (Å²) >= 11 is 0. The van der Waals surface area contributed by atoms with Gasteiger partial charge in [0.05, 0.1) is 12.9 Å². The van der Waals surface area contributed by atoms with Gasteiger partial charge in [-0.1, -0.05) is 36.4 Å². The molecule has 1 atom stereocenters. The summed E-state index contributed by atoms with van der Waals surface area (Å²) in [5.74, 6) is -0.240. The van der Waals surface area contributed by atoms with E-state index < -0.39 is 22.0 Å². The number of methoxy groups -OCH3 is 1. The molecule has 3 N–H and O–H groups in total. The maximum atomic E-state index is 12.4. The first kappa shape index (κ1) is 26.1. The Hall–Kier alpha value is -3.17. The summed E-state index contributed by atoms with van der Waals surface area (Å²) in [6.07, 6.45) is 2.99. The maximum Gasteiger partial charge on any atom is 0.244 e. The molecule has 2 amide bonds. The van der Waals surface area contributed by atoms with Gasteiger partial charge in [0.25, 0.3) is 0 Å². The molecule has 2 rings (SSSR count). The number of rotatable bonds is 11. The van der Waals surface area contributed by atoms with Gasteiger partial charge in [0.15, 0.2) is 0 Å². The number of hydrogen-bond acceptors (Lipinski definition) is 5. The topological polar surface area (TPSA) is 114 Å². The molecule has 0 saturated heterocycles. The summed E-state index contributed by atoms with van der Waals surface area (Å²) in [6.45, 7) is 5.24. The molecule has 0 aliphatic carbocycles. The molecule has 0 heterocycles. The normalized spacial score (nSPS) is 12.5. The van der Waals surface area contributed by atoms with Gasteiger partial charge in [0, 0.05) is 18.7 Å². The van der Waals surface area contributed by atoms with Crippen LogP contribution in [0.3, 0.4) is 0 Å². The second kappa shape index (κ2) is 12.2. The van der Waals surface area contributed by atoms with Crippen LogP contribution in [-0.2, 0) is 31.9 Å². The van der Waals surface area contributed by atoms with E-state index >= 15 is 0 Å².